The monoisotopic (exact) mass is 809 g/mol. The van der Waals surface area contributed by atoms with Gasteiger partial charge in [0.1, 0.15) is 35.7 Å². The van der Waals surface area contributed by atoms with Gasteiger partial charge in [-0.1, -0.05) is 45.2 Å². The molecule has 0 unspecified atom stereocenters. The van der Waals surface area contributed by atoms with Crippen molar-refractivity contribution in [2.24, 2.45) is 0 Å². The van der Waals surface area contributed by atoms with E-state index in [9.17, 15) is 37.4 Å². The summed E-state index contributed by atoms with van der Waals surface area (Å²) in [4.78, 5) is 28.0. The topological polar surface area (TPSA) is 141 Å². The molecule has 3 aliphatic rings. The van der Waals surface area contributed by atoms with Gasteiger partial charge in [0.05, 0.1) is 49.7 Å². The molecule has 16 heteroatoms. The first kappa shape index (κ1) is 46.9. The van der Waals surface area contributed by atoms with Crippen molar-refractivity contribution < 1.29 is 61.4 Å². The van der Waals surface area contributed by atoms with Crippen LogP contribution in [0.1, 0.15) is 51.7 Å². The zero-order valence-corrected chi connectivity index (χ0v) is 30.8. The Hall–Kier alpha value is -4.48. The van der Waals surface area contributed by atoms with Crippen LogP contribution < -0.4 is 14.7 Å². The first-order chi connectivity index (χ1) is 26.3. The second-order valence-corrected chi connectivity index (χ2v) is 14.1. The summed E-state index contributed by atoms with van der Waals surface area (Å²) in [7, 11) is 3.00. The van der Waals surface area contributed by atoms with Gasteiger partial charge in [-0.2, -0.15) is 0 Å². The van der Waals surface area contributed by atoms with Crippen LogP contribution in [0.15, 0.2) is 54.6 Å². The molecule has 0 saturated carbocycles. The highest BCUT2D eigenvalue weighted by Gasteiger charge is 2.37. The number of halogens is 4. The molecule has 6 rings (SSSR count). The van der Waals surface area contributed by atoms with Gasteiger partial charge in [-0.15, -0.1) is 0 Å². The van der Waals surface area contributed by atoms with Crippen LogP contribution in [0.5, 0.6) is 0 Å². The summed E-state index contributed by atoms with van der Waals surface area (Å²) in [5.74, 6) is -3.60. The van der Waals surface area contributed by atoms with Crippen LogP contribution in [0.2, 0.25) is 0 Å². The summed E-state index contributed by atoms with van der Waals surface area (Å²) < 4.78 is 78.5. The van der Waals surface area contributed by atoms with Gasteiger partial charge in [-0.3, -0.25) is 9.69 Å². The van der Waals surface area contributed by atoms with Crippen LogP contribution in [-0.4, -0.2) is 111 Å². The first-order valence-electron chi connectivity index (χ1n) is 17.9. The van der Waals surface area contributed by atoms with Gasteiger partial charge in [0.25, 0.3) is 0 Å². The molecule has 1 atom stereocenters. The Morgan fingerprint density at radius 1 is 0.772 bits per heavy atom. The van der Waals surface area contributed by atoms with Crippen LogP contribution in [-0.2, 0) is 36.8 Å². The van der Waals surface area contributed by atoms with E-state index in [0.29, 0.717) is 38.8 Å². The van der Waals surface area contributed by atoms with Crippen molar-refractivity contribution >= 4 is 29.1 Å². The van der Waals surface area contributed by atoms with Crippen molar-refractivity contribution in [2.75, 3.05) is 81.5 Å². The minimum atomic E-state index is -0.989. The molecule has 57 heavy (non-hydrogen) atoms. The highest BCUT2D eigenvalue weighted by molar-refractivity contribution is 5.90. The van der Waals surface area contributed by atoms with Gasteiger partial charge in [0.15, 0.2) is 11.6 Å². The molecule has 3 saturated heterocycles. The lowest BCUT2D eigenvalue weighted by molar-refractivity contribution is -0.144. The summed E-state index contributed by atoms with van der Waals surface area (Å²) in [6.07, 6.45) is -0.308. The summed E-state index contributed by atoms with van der Waals surface area (Å²) in [6.45, 7) is 1.34. The van der Waals surface area contributed by atoms with Gasteiger partial charge in [0, 0.05) is 52.5 Å². The molecule has 0 spiro atoms. The van der Waals surface area contributed by atoms with Crippen LogP contribution >= 0.6 is 0 Å². The number of benzene rings is 3. The molecule has 0 radical (unpaired) electrons. The summed E-state index contributed by atoms with van der Waals surface area (Å²) in [6, 6.07) is 13.7. The number of carbonyl (C=O) groups is 2. The van der Waals surface area contributed by atoms with Crippen LogP contribution in [0, 0.1) is 23.3 Å². The average molecular weight is 810 g/mol. The van der Waals surface area contributed by atoms with E-state index in [2.05, 4.69) is 0 Å². The van der Waals surface area contributed by atoms with Crippen molar-refractivity contribution in [3.8, 4) is 0 Å². The number of carbonyl (C=O) groups excluding carboxylic acids is 2. The Kier molecular flexibility index (Phi) is 17.1. The van der Waals surface area contributed by atoms with Gasteiger partial charge >= 0.3 is 12.1 Å². The fourth-order valence-electron chi connectivity index (χ4n) is 6.93. The van der Waals surface area contributed by atoms with E-state index < -0.39 is 52.6 Å². The Labute approximate surface area is 331 Å². The molecule has 0 bridgehead atoms. The number of cyclic esters (lactones) is 1. The number of esters is 1. The highest BCUT2D eigenvalue weighted by Crippen LogP contribution is 2.35. The number of nitrogens with zero attached hydrogens (tertiary/aromatic N) is 3. The maximum Gasteiger partial charge on any atom is 0.414 e. The third-order valence-electron chi connectivity index (χ3n) is 9.91. The molecule has 0 aliphatic carbocycles. The fraction of sp³-hybridized carbons (Fsp3) is 0.512. The molecule has 3 aliphatic heterocycles. The summed E-state index contributed by atoms with van der Waals surface area (Å²) >= 11 is 0. The molecule has 3 fully saturated rings. The van der Waals surface area contributed by atoms with Gasteiger partial charge in [0.2, 0.25) is 0 Å². The molecule has 0 aromatic heterocycles. The predicted octanol–water partition coefficient (Wildman–Crippen LogP) is 5.76. The van der Waals surface area contributed by atoms with E-state index in [-0.39, 0.29) is 90.0 Å². The van der Waals surface area contributed by atoms with Gasteiger partial charge in [-0.05, 0) is 48.9 Å². The number of amides is 1. The second-order valence-electron chi connectivity index (χ2n) is 14.1. The van der Waals surface area contributed by atoms with Crippen LogP contribution in [0.25, 0.3) is 0 Å². The summed E-state index contributed by atoms with van der Waals surface area (Å²) in [5.41, 5.74) is -1.18. The normalized spacial score (nSPS) is 18.4. The molecule has 12 nitrogen and oxygen atoms in total. The number of rotatable bonds is 12. The van der Waals surface area contributed by atoms with Crippen molar-refractivity contribution in [1.29, 1.82) is 0 Å². The van der Waals surface area contributed by atoms with Crippen molar-refractivity contribution in [2.45, 2.75) is 70.9 Å². The zero-order chi connectivity index (χ0) is 39.8. The number of aliphatic hydroxyl groups is 3. The Morgan fingerprint density at radius 2 is 1.23 bits per heavy atom. The third-order valence-corrected chi connectivity index (χ3v) is 9.91. The molecular formula is C41H55F4N3O9. The Balaban J connectivity index is 0.000000297. The minimum absolute atomic E-state index is 0. The number of hydrogen-bond acceptors (Lipinski definition) is 11. The number of hydrogen-bond donors (Lipinski definition) is 3. The Bertz CT molecular complexity index is 1730. The summed E-state index contributed by atoms with van der Waals surface area (Å²) in [5, 5.41) is 29.7. The minimum Gasteiger partial charge on any atom is -0.461 e. The quantitative estimate of drug-likeness (QED) is 0.152. The molecule has 316 valence electrons. The fourth-order valence-corrected chi connectivity index (χ4v) is 6.93. The molecule has 3 aromatic carbocycles. The van der Waals surface area contributed by atoms with E-state index in [4.69, 9.17) is 24.1 Å². The van der Waals surface area contributed by atoms with Crippen molar-refractivity contribution in [3.63, 3.8) is 0 Å². The average Bonchev–Trinajstić information content (AvgIpc) is 3.53. The van der Waals surface area contributed by atoms with E-state index in [1.54, 1.807) is 4.90 Å². The van der Waals surface area contributed by atoms with E-state index in [1.165, 1.54) is 19.1 Å². The lowest BCUT2D eigenvalue weighted by atomic mass is 9.92. The maximum absolute atomic E-state index is 14.6. The molecule has 3 aromatic rings. The van der Waals surface area contributed by atoms with E-state index in [0.717, 1.165) is 34.7 Å². The zero-order valence-electron chi connectivity index (χ0n) is 30.8. The van der Waals surface area contributed by atoms with Gasteiger partial charge in [-0.25, -0.2) is 22.4 Å². The van der Waals surface area contributed by atoms with Gasteiger partial charge < -0.3 is 44.1 Å². The smallest absolute Gasteiger partial charge is 0.414 e. The number of methoxy groups -OCH3 is 2. The molecule has 3 heterocycles. The second kappa shape index (κ2) is 20.8. The number of piperidine rings is 2. The lowest BCUT2D eigenvalue weighted by Crippen LogP contribution is -2.47. The maximum atomic E-state index is 14.6. The Morgan fingerprint density at radius 3 is 1.65 bits per heavy atom. The SMILES string of the molecule is C.C.COCC1(O)CCN(c2c(F)cc(CC(=O)OCc3ccccc3)cc2F)CC1.COCC1(O)CCN(c2c(F)cc(N3C[C@H](CO)OC3=O)cc2F)CC1. The molecule has 3 N–H and O–H groups in total. The van der Waals surface area contributed by atoms with Crippen molar-refractivity contribution in [3.05, 3.63) is 89.0 Å². The predicted molar refractivity (Wildman–Crippen MR) is 207 cm³/mol. The van der Waals surface area contributed by atoms with E-state index >= 15 is 0 Å². The van der Waals surface area contributed by atoms with E-state index in [1.807, 2.05) is 30.3 Å². The number of anilines is 3. The molecular weight excluding hydrogens is 754 g/mol. The highest BCUT2D eigenvalue weighted by atomic mass is 19.1. The van der Waals surface area contributed by atoms with Crippen LogP contribution in [0.3, 0.4) is 0 Å². The van der Waals surface area contributed by atoms with Crippen LogP contribution in [0.4, 0.5) is 39.4 Å². The lowest BCUT2D eigenvalue weighted by Gasteiger charge is -2.39. The molecule has 1 amide bonds. The number of ether oxygens (including phenoxy) is 4. The third kappa shape index (κ3) is 12.0. The largest absolute Gasteiger partial charge is 0.461 e. The standard InChI is InChI=1S/C22H25F2NO4.C17H22F2N2O5.2CH4/c1-28-15-22(27)7-9-25(10-8-22)21-18(23)11-17(12-19(21)24)13-20(26)29-14-16-5-3-2-4-6-16;1-25-10-17(24)2-4-20(5-3-17)15-13(18)6-11(7-14(15)19)21-8-12(9-22)26-16(21)23;;/h2-6,11-12,27H,7-10,13-15H2,1H3;6-7,12,22,24H,2-5,8-10H2,1H3;2*1H4/t;12-;;/m.1../s1. The van der Waals surface area contributed by atoms with Crippen molar-refractivity contribution in [1.82, 2.24) is 0 Å². The first-order valence-corrected chi connectivity index (χ1v) is 17.9. The number of aliphatic hydroxyl groups excluding tert-OH is 1.